The van der Waals surface area contributed by atoms with Crippen LogP contribution in [0.2, 0.25) is 0 Å². The summed E-state index contributed by atoms with van der Waals surface area (Å²) in [7, 11) is 1.57. The maximum Gasteiger partial charge on any atom is 0.328 e. The fourth-order valence-electron chi connectivity index (χ4n) is 2.89. The van der Waals surface area contributed by atoms with E-state index in [-0.39, 0.29) is 25.5 Å². The van der Waals surface area contributed by atoms with E-state index in [2.05, 4.69) is 10.6 Å². The van der Waals surface area contributed by atoms with E-state index in [1.165, 1.54) is 6.07 Å². The molecule has 0 saturated heterocycles. The summed E-state index contributed by atoms with van der Waals surface area (Å²) in [4.78, 5) is 36.5. The van der Waals surface area contributed by atoms with Crippen molar-refractivity contribution in [3.63, 3.8) is 0 Å². The quantitative estimate of drug-likeness (QED) is 0.691. The van der Waals surface area contributed by atoms with E-state index in [1.54, 1.807) is 38.3 Å². The predicted molar refractivity (Wildman–Crippen MR) is 105 cm³/mol. The van der Waals surface area contributed by atoms with Gasteiger partial charge in [0.15, 0.2) is 6.61 Å². The molecule has 1 heterocycles. The lowest BCUT2D eigenvalue weighted by Crippen LogP contribution is -2.43. The molecule has 8 heteroatoms. The minimum absolute atomic E-state index is 0.110. The Morgan fingerprint density at radius 1 is 1.21 bits per heavy atom. The molecule has 0 spiro atoms. The van der Waals surface area contributed by atoms with Crippen molar-refractivity contribution in [3.05, 3.63) is 53.6 Å². The van der Waals surface area contributed by atoms with E-state index in [9.17, 15) is 14.4 Å². The maximum atomic E-state index is 12.7. The summed E-state index contributed by atoms with van der Waals surface area (Å²) < 4.78 is 15.6. The minimum atomic E-state index is -0.854. The van der Waals surface area contributed by atoms with Crippen molar-refractivity contribution < 1.29 is 28.6 Å². The number of ether oxygens (including phenoxy) is 3. The van der Waals surface area contributed by atoms with E-state index in [0.29, 0.717) is 22.7 Å². The zero-order chi connectivity index (χ0) is 20.8. The highest BCUT2D eigenvalue weighted by molar-refractivity contribution is 6.00. The van der Waals surface area contributed by atoms with Crippen LogP contribution >= 0.6 is 0 Å². The Balaban J connectivity index is 1.75. The van der Waals surface area contributed by atoms with Crippen LogP contribution in [0.25, 0.3) is 0 Å². The number of hydrogen-bond acceptors (Lipinski definition) is 6. The average molecular weight is 398 g/mol. The number of fused-ring (bicyclic) bond motifs is 1. The largest absolute Gasteiger partial charge is 0.497 e. The lowest BCUT2D eigenvalue weighted by atomic mass is 10.0. The molecule has 2 N–H and O–H groups in total. The van der Waals surface area contributed by atoms with Crippen LogP contribution in [-0.4, -0.2) is 44.1 Å². The van der Waals surface area contributed by atoms with Gasteiger partial charge < -0.3 is 24.8 Å². The summed E-state index contributed by atoms with van der Waals surface area (Å²) >= 11 is 0. The van der Waals surface area contributed by atoms with Crippen molar-refractivity contribution in [1.82, 2.24) is 5.32 Å². The molecular weight excluding hydrogens is 376 g/mol. The van der Waals surface area contributed by atoms with Crippen LogP contribution in [0.15, 0.2) is 42.5 Å². The second-order valence-corrected chi connectivity index (χ2v) is 6.38. The van der Waals surface area contributed by atoms with Crippen LogP contribution in [-0.2, 0) is 20.7 Å². The maximum absolute atomic E-state index is 12.7. The van der Waals surface area contributed by atoms with E-state index >= 15 is 0 Å². The minimum Gasteiger partial charge on any atom is -0.497 e. The predicted octanol–water partition coefficient (Wildman–Crippen LogP) is 1.93. The number of methoxy groups -OCH3 is 1. The number of hydrogen-bond donors (Lipinski definition) is 2. The Kier molecular flexibility index (Phi) is 6.33. The van der Waals surface area contributed by atoms with Gasteiger partial charge in [0.1, 0.15) is 17.5 Å². The molecule has 0 saturated carbocycles. The third-order valence-electron chi connectivity index (χ3n) is 4.35. The van der Waals surface area contributed by atoms with Crippen molar-refractivity contribution in [2.45, 2.75) is 19.4 Å². The van der Waals surface area contributed by atoms with E-state index in [1.807, 2.05) is 12.1 Å². The summed E-state index contributed by atoms with van der Waals surface area (Å²) in [6, 6.07) is 11.0. The van der Waals surface area contributed by atoms with Crippen LogP contribution in [0.5, 0.6) is 11.5 Å². The molecule has 1 unspecified atom stereocenters. The average Bonchev–Trinajstić information content (AvgIpc) is 2.73. The van der Waals surface area contributed by atoms with E-state index in [4.69, 9.17) is 14.2 Å². The van der Waals surface area contributed by atoms with Crippen LogP contribution in [0.1, 0.15) is 22.8 Å². The third-order valence-corrected chi connectivity index (χ3v) is 4.35. The van der Waals surface area contributed by atoms with Crippen LogP contribution in [0.4, 0.5) is 5.69 Å². The molecule has 0 fully saturated rings. The molecular formula is C21H22N2O6. The lowest BCUT2D eigenvalue weighted by Gasteiger charge is -2.20. The van der Waals surface area contributed by atoms with Gasteiger partial charge in [-0.1, -0.05) is 12.1 Å². The first-order valence-electron chi connectivity index (χ1n) is 9.17. The molecule has 0 bridgehead atoms. The van der Waals surface area contributed by atoms with Crippen molar-refractivity contribution in [2.24, 2.45) is 0 Å². The fourth-order valence-corrected chi connectivity index (χ4v) is 2.89. The van der Waals surface area contributed by atoms with E-state index in [0.717, 1.165) is 5.56 Å². The number of anilines is 1. The smallest absolute Gasteiger partial charge is 0.328 e. The second-order valence-electron chi connectivity index (χ2n) is 6.38. The normalized spacial score (nSPS) is 13.4. The molecule has 0 radical (unpaired) electrons. The molecule has 152 valence electrons. The molecule has 1 aliphatic rings. The number of rotatable bonds is 7. The number of esters is 1. The fraction of sp³-hybridized carbons (Fsp3) is 0.286. The SMILES string of the molecule is CCOC(=O)C(Cc1ccc(OC)cc1)NC(=O)c1ccc2c(c1)OCC(=O)N2. The van der Waals surface area contributed by atoms with Crippen LogP contribution in [0, 0.1) is 0 Å². The molecule has 0 aliphatic carbocycles. The summed E-state index contributed by atoms with van der Waals surface area (Å²) in [5.41, 5.74) is 1.66. The molecule has 29 heavy (non-hydrogen) atoms. The van der Waals surface area contributed by atoms with Crippen LogP contribution < -0.4 is 20.1 Å². The summed E-state index contributed by atoms with van der Waals surface area (Å²) in [5, 5.41) is 5.39. The highest BCUT2D eigenvalue weighted by atomic mass is 16.5. The standard InChI is InChI=1S/C21H22N2O6/c1-3-28-21(26)17(10-13-4-7-15(27-2)8-5-13)23-20(25)14-6-9-16-18(11-14)29-12-19(24)22-16/h4-9,11,17H,3,10,12H2,1-2H3,(H,22,24)(H,23,25). The highest BCUT2D eigenvalue weighted by Crippen LogP contribution is 2.28. The Bertz CT molecular complexity index is 910. The van der Waals surface area contributed by atoms with Gasteiger partial charge >= 0.3 is 5.97 Å². The summed E-state index contributed by atoms with van der Waals surface area (Å²) in [5.74, 6) is -0.110. The summed E-state index contributed by atoms with van der Waals surface area (Å²) in [6.45, 7) is 1.81. The van der Waals surface area contributed by atoms with Crippen molar-refractivity contribution in [1.29, 1.82) is 0 Å². The molecule has 8 nitrogen and oxygen atoms in total. The molecule has 2 amide bonds. The first-order valence-corrected chi connectivity index (χ1v) is 9.17. The number of amides is 2. The van der Waals surface area contributed by atoms with Gasteiger partial charge in [-0.25, -0.2) is 4.79 Å². The van der Waals surface area contributed by atoms with Crippen molar-refractivity contribution in [2.75, 3.05) is 25.6 Å². The first kappa shape index (κ1) is 20.2. The number of carbonyl (C=O) groups excluding carboxylic acids is 3. The number of carbonyl (C=O) groups is 3. The van der Waals surface area contributed by atoms with E-state index < -0.39 is 17.9 Å². The molecule has 2 aromatic carbocycles. The van der Waals surface area contributed by atoms with Gasteiger partial charge in [-0.05, 0) is 42.8 Å². The molecule has 1 aliphatic heterocycles. The zero-order valence-electron chi connectivity index (χ0n) is 16.2. The third kappa shape index (κ3) is 5.04. The molecule has 2 aromatic rings. The number of benzene rings is 2. The summed E-state index contributed by atoms with van der Waals surface area (Å²) in [6.07, 6.45) is 0.270. The van der Waals surface area contributed by atoms with Gasteiger partial charge in [-0.3, -0.25) is 9.59 Å². The van der Waals surface area contributed by atoms with Gasteiger partial charge in [0.2, 0.25) is 0 Å². The van der Waals surface area contributed by atoms with Gasteiger partial charge in [-0.15, -0.1) is 0 Å². The Morgan fingerprint density at radius 2 is 1.97 bits per heavy atom. The Morgan fingerprint density at radius 3 is 2.66 bits per heavy atom. The highest BCUT2D eigenvalue weighted by Gasteiger charge is 2.24. The molecule has 1 atom stereocenters. The van der Waals surface area contributed by atoms with Gasteiger partial charge in [0.05, 0.1) is 19.4 Å². The second kappa shape index (κ2) is 9.09. The monoisotopic (exact) mass is 398 g/mol. The van der Waals surface area contributed by atoms with Crippen LogP contribution in [0.3, 0.4) is 0 Å². The van der Waals surface area contributed by atoms with Gasteiger partial charge in [0.25, 0.3) is 11.8 Å². The molecule has 0 aromatic heterocycles. The van der Waals surface area contributed by atoms with Crippen molar-refractivity contribution >= 4 is 23.5 Å². The first-order chi connectivity index (χ1) is 14.0. The Labute approximate surface area is 168 Å². The molecule has 3 rings (SSSR count). The number of nitrogens with one attached hydrogen (secondary N) is 2. The Hall–Kier alpha value is -3.55. The van der Waals surface area contributed by atoms with Gasteiger partial charge in [-0.2, -0.15) is 0 Å². The van der Waals surface area contributed by atoms with Gasteiger partial charge in [0, 0.05) is 12.0 Å². The van der Waals surface area contributed by atoms with Crippen molar-refractivity contribution in [3.8, 4) is 11.5 Å². The lowest BCUT2D eigenvalue weighted by molar-refractivity contribution is -0.145. The zero-order valence-corrected chi connectivity index (χ0v) is 16.2. The topological polar surface area (TPSA) is 103 Å².